The van der Waals surface area contributed by atoms with E-state index in [0.29, 0.717) is 24.8 Å². The van der Waals surface area contributed by atoms with Crippen LogP contribution in [0.25, 0.3) is 11.4 Å². The Balaban J connectivity index is 1.30. The number of likely N-dealkylation sites (tertiary alicyclic amines) is 1. The number of pyridine rings is 1. The van der Waals surface area contributed by atoms with Gasteiger partial charge in [-0.1, -0.05) is 0 Å². The van der Waals surface area contributed by atoms with Crippen LogP contribution in [0.4, 0.5) is 4.39 Å². The molecule has 6 nitrogen and oxygen atoms in total. The van der Waals surface area contributed by atoms with Gasteiger partial charge in [-0.05, 0) is 62.1 Å². The zero-order chi connectivity index (χ0) is 20.9. The Kier molecular flexibility index (Phi) is 6.07. The molecule has 0 atom stereocenters. The maximum absolute atomic E-state index is 13.0. The molecule has 0 radical (unpaired) electrons. The van der Waals surface area contributed by atoms with Gasteiger partial charge < -0.3 is 14.2 Å². The molecule has 156 valence electrons. The molecule has 1 aliphatic heterocycles. The summed E-state index contributed by atoms with van der Waals surface area (Å²) in [5, 5.41) is 0. The number of hydrogen-bond acceptors (Lipinski definition) is 4. The van der Waals surface area contributed by atoms with Crippen LogP contribution in [0, 0.1) is 18.7 Å². The summed E-state index contributed by atoms with van der Waals surface area (Å²) in [4.78, 5) is 23.1. The molecule has 1 fully saturated rings. The lowest BCUT2D eigenvalue weighted by Crippen LogP contribution is -2.41. The lowest BCUT2D eigenvalue weighted by Gasteiger charge is -2.32. The first-order chi connectivity index (χ1) is 14.6. The zero-order valence-electron chi connectivity index (χ0n) is 17.0. The van der Waals surface area contributed by atoms with Crippen molar-refractivity contribution in [2.75, 3.05) is 19.7 Å². The summed E-state index contributed by atoms with van der Waals surface area (Å²) in [6, 6.07) is 9.64. The number of nitrogens with zero attached hydrogens (tertiary/aromatic N) is 4. The first-order valence-electron chi connectivity index (χ1n) is 10.2. The minimum absolute atomic E-state index is 0.0257. The topological polar surface area (TPSA) is 60.2 Å². The highest BCUT2D eigenvalue weighted by Gasteiger charge is 2.24. The van der Waals surface area contributed by atoms with Crippen molar-refractivity contribution in [2.45, 2.75) is 26.3 Å². The molecule has 3 heterocycles. The van der Waals surface area contributed by atoms with Gasteiger partial charge in [0.05, 0.1) is 0 Å². The van der Waals surface area contributed by atoms with E-state index in [0.717, 1.165) is 36.5 Å². The fourth-order valence-electron chi connectivity index (χ4n) is 3.81. The van der Waals surface area contributed by atoms with Crippen molar-refractivity contribution in [2.24, 2.45) is 5.92 Å². The summed E-state index contributed by atoms with van der Waals surface area (Å²) in [6.45, 7) is 4.35. The molecule has 1 saturated heterocycles. The molecule has 4 rings (SSSR count). The van der Waals surface area contributed by atoms with Crippen LogP contribution in [0.5, 0.6) is 5.75 Å². The first kappa shape index (κ1) is 20.1. The Morgan fingerprint density at radius 1 is 1.17 bits per heavy atom. The predicted octanol–water partition coefficient (Wildman–Crippen LogP) is 3.71. The van der Waals surface area contributed by atoms with Gasteiger partial charge in [0.15, 0.2) is 6.61 Å². The van der Waals surface area contributed by atoms with Crippen LogP contribution in [0.2, 0.25) is 0 Å². The number of benzene rings is 1. The van der Waals surface area contributed by atoms with Gasteiger partial charge in [0, 0.05) is 49.5 Å². The van der Waals surface area contributed by atoms with E-state index < -0.39 is 0 Å². The van der Waals surface area contributed by atoms with E-state index in [-0.39, 0.29) is 18.3 Å². The van der Waals surface area contributed by atoms with Gasteiger partial charge in [-0.2, -0.15) is 0 Å². The third-order valence-electron chi connectivity index (χ3n) is 5.56. The minimum Gasteiger partial charge on any atom is -0.484 e. The second kappa shape index (κ2) is 9.07. The van der Waals surface area contributed by atoms with Gasteiger partial charge in [0.2, 0.25) is 0 Å². The SMILES string of the molecule is Cc1cnc(-c2cccnc2)n1CC1CCN(C(=O)COc2ccc(F)cc2)CC1. The van der Waals surface area contributed by atoms with Crippen molar-refractivity contribution in [1.29, 1.82) is 0 Å². The van der Waals surface area contributed by atoms with E-state index >= 15 is 0 Å². The Morgan fingerprint density at radius 3 is 2.63 bits per heavy atom. The highest BCUT2D eigenvalue weighted by molar-refractivity contribution is 5.77. The number of hydrogen-bond donors (Lipinski definition) is 0. The fourth-order valence-corrected chi connectivity index (χ4v) is 3.81. The molecule has 0 bridgehead atoms. The van der Waals surface area contributed by atoms with Crippen LogP contribution < -0.4 is 4.74 Å². The molecule has 0 N–H and O–H groups in total. The van der Waals surface area contributed by atoms with Crippen LogP contribution in [0.1, 0.15) is 18.5 Å². The number of carbonyl (C=O) groups is 1. The van der Waals surface area contributed by atoms with E-state index in [9.17, 15) is 9.18 Å². The quantitative estimate of drug-likeness (QED) is 0.624. The number of aromatic nitrogens is 3. The monoisotopic (exact) mass is 408 g/mol. The van der Waals surface area contributed by atoms with Crippen molar-refractivity contribution >= 4 is 5.91 Å². The fraction of sp³-hybridized carbons (Fsp3) is 0.348. The third-order valence-corrected chi connectivity index (χ3v) is 5.56. The Labute approximate surface area is 175 Å². The number of imidazole rings is 1. The maximum Gasteiger partial charge on any atom is 0.260 e. The van der Waals surface area contributed by atoms with Crippen molar-refractivity contribution < 1.29 is 13.9 Å². The normalized spacial score (nSPS) is 14.7. The Hall–Kier alpha value is -3.22. The highest BCUT2D eigenvalue weighted by atomic mass is 19.1. The van der Waals surface area contributed by atoms with E-state index in [1.807, 2.05) is 29.4 Å². The molecule has 1 aromatic carbocycles. The number of aryl methyl sites for hydroxylation is 1. The third kappa shape index (κ3) is 4.67. The average molecular weight is 408 g/mol. The molecule has 0 saturated carbocycles. The van der Waals surface area contributed by atoms with Crippen LogP contribution in [0.3, 0.4) is 0 Å². The highest BCUT2D eigenvalue weighted by Crippen LogP contribution is 2.25. The smallest absolute Gasteiger partial charge is 0.260 e. The average Bonchev–Trinajstić information content (AvgIpc) is 3.14. The standard InChI is InChI=1S/C23H25FN4O2/c1-17-13-26-23(19-3-2-10-25-14-19)28(17)15-18-8-11-27(12-9-18)22(29)16-30-21-6-4-20(24)5-7-21/h2-7,10,13-14,18H,8-9,11-12,15-16H2,1H3. The molecule has 1 amide bonds. The molecule has 0 unspecified atom stereocenters. The van der Waals surface area contributed by atoms with Gasteiger partial charge >= 0.3 is 0 Å². The second-order valence-electron chi connectivity index (χ2n) is 7.64. The van der Waals surface area contributed by atoms with Crippen molar-refractivity contribution in [1.82, 2.24) is 19.4 Å². The molecule has 2 aromatic heterocycles. The van der Waals surface area contributed by atoms with Crippen LogP contribution >= 0.6 is 0 Å². The van der Waals surface area contributed by atoms with Crippen LogP contribution in [0.15, 0.2) is 55.0 Å². The summed E-state index contributed by atoms with van der Waals surface area (Å²) in [6.07, 6.45) is 7.36. The molecular formula is C23H25FN4O2. The summed E-state index contributed by atoms with van der Waals surface area (Å²) in [7, 11) is 0. The Morgan fingerprint density at radius 2 is 1.93 bits per heavy atom. The van der Waals surface area contributed by atoms with E-state index in [1.54, 1.807) is 6.20 Å². The van der Waals surface area contributed by atoms with Crippen molar-refractivity contribution in [3.63, 3.8) is 0 Å². The summed E-state index contributed by atoms with van der Waals surface area (Å²) in [5.74, 6) is 1.56. The molecular weight excluding hydrogens is 383 g/mol. The maximum atomic E-state index is 13.0. The largest absolute Gasteiger partial charge is 0.484 e. The van der Waals surface area contributed by atoms with Crippen molar-refractivity contribution in [3.8, 4) is 17.1 Å². The number of rotatable bonds is 6. The second-order valence-corrected chi connectivity index (χ2v) is 7.64. The Bertz CT molecular complexity index is 980. The van der Waals surface area contributed by atoms with E-state index in [1.165, 1.54) is 24.3 Å². The molecule has 0 spiro atoms. The van der Waals surface area contributed by atoms with Gasteiger partial charge in [0.1, 0.15) is 17.4 Å². The molecule has 3 aromatic rings. The zero-order valence-corrected chi connectivity index (χ0v) is 17.0. The number of halogens is 1. The van der Waals surface area contributed by atoms with Crippen LogP contribution in [-0.2, 0) is 11.3 Å². The molecule has 7 heteroatoms. The summed E-state index contributed by atoms with van der Waals surface area (Å²) >= 11 is 0. The molecule has 1 aliphatic rings. The van der Waals surface area contributed by atoms with Gasteiger partial charge in [-0.25, -0.2) is 9.37 Å². The molecule has 30 heavy (non-hydrogen) atoms. The summed E-state index contributed by atoms with van der Waals surface area (Å²) in [5.41, 5.74) is 2.14. The minimum atomic E-state index is -0.324. The van der Waals surface area contributed by atoms with E-state index in [2.05, 4.69) is 21.5 Å². The van der Waals surface area contributed by atoms with Gasteiger partial charge in [-0.15, -0.1) is 0 Å². The number of amides is 1. The van der Waals surface area contributed by atoms with Gasteiger partial charge in [0.25, 0.3) is 5.91 Å². The number of ether oxygens (including phenoxy) is 1. The predicted molar refractivity (Wildman–Crippen MR) is 111 cm³/mol. The summed E-state index contributed by atoms with van der Waals surface area (Å²) < 4.78 is 20.7. The first-order valence-corrected chi connectivity index (χ1v) is 10.2. The van der Waals surface area contributed by atoms with Crippen LogP contribution in [-0.4, -0.2) is 45.0 Å². The number of piperidine rings is 1. The van der Waals surface area contributed by atoms with E-state index in [4.69, 9.17) is 4.74 Å². The van der Waals surface area contributed by atoms with Crippen molar-refractivity contribution in [3.05, 3.63) is 66.5 Å². The molecule has 0 aliphatic carbocycles. The lowest BCUT2D eigenvalue weighted by molar-refractivity contribution is -0.134. The lowest BCUT2D eigenvalue weighted by atomic mass is 9.96. The number of carbonyl (C=O) groups excluding carboxylic acids is 1. The van der Waals surface area contributed by atoms with Gasteiger partial charge in [-0.3, -0.25) is 9.78 Å².